The summed E-state index contributed by atoms with van der Waals surface area (Å²) in [5, 5.41) is 2.91. The van der Waals surface area contributed by atoms with Gasteiger partial charge in [0.05, 0.1) is 5.69 Å². The van der Waals surface area contributed by atoms with Crippen molar-refractivity contribution in [2.75, 3.05) is 12.4 Å². The minimum atomic E-state index is -0.661. The van der Waals surface area contributed by atoms with Gasteiger partial charge in [-0.05, 0) is 30.7 Å². The average Bonchev–Trinajstić information content (AvgIpc) is 2.63. The van der Waals surface area contributed by atoms with E-state index in [0.717, 1.165) is 16.8 Å². The Kier molecular flexibility index (Phi) is 5.16. The standard InChI is InChI=1S/C20H19N3O2/c1-14-21-12-11-18(22-14)16-9-6-10-17(13-16)23-20(24)19(25-2)15-7-4-3-5-8-15/h3-13,19H,1-2H3,(H,23,24)/t19-/m0/s1. The van der Waals surface area contributed by atoms with Gasteiger partial charge in [0, 0.05) is 24.6 Å². The van der Waals surface area contributed by atoms with Crippen LogP contribution >= 0.6 is 0 Å². The molecule has 1 atom stereocenters. The van der Waals surface area contributed by atoms with Gasteiger partial charge in [-0.3, -0.25) is 4.79 Å². The Morgan fingerprint density at radius 1 is 1.08 bits per heavy atom. The van der Waals surface area contributed by atoms with E-state index in [1.165, 1.54) is 7.11 Å². The van der Waals surface area contributed by atoms with Gasteiger partial charge < -0.3 is 10.1 Å². The third-order valence-electron chi connectivity index (χ3n) is 3.78. The number of carbonyl (C=O) groups excluding carboxylic acids is 1. The van der Waals surface area contributed by atoms with Gasteiger partial charge >= 0.3 is 0 Å². The Hall–Kier alpha value is -3.05. The van der Waals surface area contributed by atoms with Gasteiger partial charge in [0.1, 0.15) is 5.82 Å². The number of hydrogen-bond acceptors (Lipinski definition) is 4. The molecule has 1 amide bonds. The van der Waals surface area contributed by atoms with Crippen molar-refractivity contribution in [2.24, 2.45) is 0 Å². The number of rotatable bonds is 5. The van der Waals surface area contributed by atoms with Gasteiger partial charge in [-0.2, -0.15) is 0 Å². The highest BCUT2D eigenvalue weighted by molar-refractivity contribution is 5.95. The zero-order valence-electron chi connectivity index (χ0n) is 14.1. The van der Waals surface area contributed by atoms with Crippen LogP contribution in [-0.2, 0) is 9.53 Å². The van der Waals surface area contributed by atoms with Crippen molar-refractivity contribution in [1.82, 2.24) is 9.97 Å². The summed E-state index contributed by atoms with van der Waals surface area (Å²) in [6, 6.07) is 18.8. The first-order chi connectivity index (χ1) is 12.2. The molecule has 1 aromatic heterocycles. The van der Waals surface area contributed by atoms with E-state index in [4.69, 9.17) is 4.74 Å². The molecule has 0 spiro atoms. The summed E-state index contributed by atoms with van der Waals surface area (Å²) in [6.07, 6.45) is 1.06. The van der Waals surface area contributed by atoms with Crippen molar-refractivity contribution in [3.05, 3.63) is 78.2 Å². The number of benzene rings is 2. The lowest BCUT2D eigenvalue weighted by atomic mass is 10.1. The molecule has 0 aliphatic rings. The molecule has 0 radical (unpaired) electrons. The average molecular weight is 333 g/mol. The number of aryl methyl sites for hydroxylation is 1. The van der Waals surface area contributed by atoms with Gasteiger partial charge in [-0.1, -0.05) is 42.5 Å². The lowest BCUT2D eigenvalue weighted by Crippen LogP contribution is -2.22. The molecule has 25 heavy (non-hydrogen) atoms. The van der Waals surface area contributed by atoms with Crippen LogP contribution in [0.2, 0.25) is 0 Å². The monoisotopic (exact) mass is 333 g/mol. The van der Waals surface area contributed by atoms with Crippen LogP contribution in [0.3, 0.4) is 0 Å². The summed E-state index contributed by atoms with van der Waals surface area (Å²) in [5.74, 6) is 0.486. The predicted octanol–water partition coefficient (Wildman–Crippen LogP) is 3.78. The zero-order chi connectivity index (χ0) is 17.6. The normalized spacial score (nSPS) is 11.8. The number of hydrogen-bond donors (Lipinski definition) is 1. The first-order valence-electron chi connectivity index (χ1n) is 7.96. The molecule has 0 fully saturated rings. The van der Waals surface area contributed by atoms with Crippen molar-refractivity contribution < 1.29 is 9.53 Å². The van der Waals surface area contributed by atoms with E-state index >= 15 is 0 Å². The fourth-order valence-electron chi connectivity index (χ4n) is 2.60. The van der Waals surface area contributed by atoms with Crippen molar-refractivity contribution in [3.63, 3.8) is 0 Å². The topological polar surface area (TPSA) is 64.1 Å². The maximum atomic E-state index is 12.6. The third-order valence-corrected chi connectivity index (χ3v) is 3.78. The van der Waals surface area contributed by atoms with E-state index < -0.39 is 6.10 Å². The summed E-state index contributed by atoms with van der Waals surface area (Å²) < 4.78 is 5.37. The molecule has 0 aliphatic carbocycles. The van der Waals surface area contributed by atoms with Crippen LogP contribution in [0.25, 0.3) is 11.3 Å². The molecule has 0 aliphatic heterocycles. The highest BCUT2D eigenvalue weighted by Gasteiger charge is 2.20. The number of carbonyl (C=O) groups is 1. The van der Waals surface area contributed by atoms with E-state index in [2.05, 4.69) is 15.3 Å². The molecular formula is C20H19N3O2. The lowest BCUT2D eigenvalue weighted by Gasteiger charge is -2.16. The minimum absolute atomic E-state index is 0.218. The van der Waals surface area contributed by atoms with Crippen molar-refractivity contribution in [3.8, 4) is 11.3 Å². The van der Waals surface area contributed by atoms with E-state index in [9.17, 15) is 4.79 Å². The summed E-state index contributed by atoms with van der Waals surface area (Å²) in [5.41, 5.74) is 3.23. The molecule has 5 heteroatoms. The molecule has 0 bridgehead atoms. The summed E-state index contributed by atoms with van der Waals surface area (Å²) in [6.45, 7) is 1.85. The van der Waals surface area contributed by atoms with Crippen LogP contribution in [0.5, 0.6) is 0 Å². The van der Waals surface area contributed by atoms with Gasteiger partial charge in [-0.25, -0.2) is 9.97 Å². The maximum Gasteiger partial charge on any atom is 0.258 e. The second-order valence-corrected chi connectivity index (χ2v) is 5.59. The second kappa shape index (κ2) is 7.68. The Labute approximate surface area is 146 Å². The first-order valence-corrected chi connectivity index (χ1v) is 7.96. The smallest absolute Gasteiger partial charge is 0.258 e. The van der Waals surface area contributed by atoms with Crippen LogP contribution in [0.15, 0.2) is 66.9 Å². The Balaban J connectivity index is 1.81. The van der Waals surface area contributed by atoms with Crippen LogP contribution in [0.4, 0.5) is 5.69 Å². The van der Waals surface area contributed by atoms with Gasteiger partial charge in [0.2, 0.25) is 0 Å². The number of aromatic nitrogens is 2. The van der Waals surface area contributed by atoms with E-state index in [-0.39, 0.29) is 5.91 Å². The lowest BCUT2D eigenvalue weighted by molar-refractivity contribution is -0.126. The molecule has 0 saturated heterocycles. The Morgan fingerprint density at radius 3 is 2.60 bits per heavy atom. The molecule has 0 saturated carbocycles. The van der Waals surface area contributed by atoms with Gasteiger partial charge in [0.25, 0.3) is 5.91 Å². The quantitative estimate of drug-likeness (QED) is 0.772. The number of nitrogens with zero attached hydrogens (tertiary/aromatic N) is 2. The predicted molar refractivity (Wildman–Crippen MR) is 97.0 cm³/mol. The highest BCUT2D eigenvalue weighted by atomic mass is 16.5. The summed E-state index contributed by atoms with van der Waals surface area (Å²) >= 11 is 0. The fraction of sp³-hybridized carbons (Fsp3) is 0.150. The third kappa shape index (κ3) is 4.08. The van der Waals surface area contributed by atoms with Crippen LogP contribution in [0, 0.1) is 6.92 Å². The van der Waals surface area contributed by atoms with Crippen molar-refractivity contribution in [2.45, 2.75) is 13.0 Å². The van der Waals surface area contributed by atoms with Crippen LogP contribution in [0.1, 0.15) is 17.5 Å². The van der Waals surface area contributed by atoms with Gasteiger partial charge in [-0.15, -0.1) is 0 Å². The summed E-state index contributed by atoms with van der Waals surface area (Å²) in [4.78, 5) is 21.1. The van der Waals surface area contributed by atoms with Gasteiger partial charge in [0.15, 0.2) is 6.10 Å². The van der Waals surface area contributed by atoms with Crippen LogP contribution in [-0.4, -0.2) is 23.0 Å². The number of methoxy groups -OCH3 is 1. The van der Waals surface area contributed by atoms with E-state index in [1.807, 2.05) is 67.6 Å². The Morgan fingerprint density at radius 2 is 1.88 bits per heavy atom. The van der Waals surface area contributed by atoms with Crippen molar-refractivity contribution >= 4 is 11.6 Å². The summed E-state index contributed by atoms with van der Waals surface area (Å²) in [7, 11) is 1.53. The maximum absolute atomic E-state index is 12.6. The van der Waals surface area contributed by atoms with E-state index in [0.29, 0.717) is 11.5 Å². The number of ether oxygens (including phenoxy) is 1. The largest absolute Gasteiger partial charge is 0.367 e. The number of anilines is 1. The SMILES string of the molecule is CO[C@H](C(=O)Nc1cccc(-c2ccnc(C)n2)c1)c1ccccc1. The molecular weight excluding hydrogens is 314 g/mol. The number of nitrogens with one attached hydrogen (secondary N) is 1. The second-order valence-electron chi connectivity index (χ2n) is 5.59. The van der Waals surface area contributed by atoms with Crippen LogP contribution < -0.4 is 5.32 Å². The molecule has 3 aromatic rings. The highest BCUT2D eigenvalue weighted by Crippen LogP contribution is 2.23. The molecule has 3 rings (SSSR count). The molecule has 2 aromatic carbocycles. The molecule has 1 heterocycles. The fourth-order valence-corrected chi connectivity index (χ4v) is 2.60. The first kappa shape index (κ1) is 16.8. The van der Waals surface area contributed by atoms with Crippen molar-refractivity contribution in [1.29, 1.82) is 0 Å². The minimum Gasteiger partial charge on any atom is -0.367 e. The number of amides is 1. The molecule has 1 N–H and O–H groups in total. The zero-order valence-corrected chi connectivity index (χ0v) is 14.1. The molecule has 5 nitrogen and oxygen atoms in total. The Bertz CT molecular complexity index is 866. The van der Waals surface area contributed by atoms with E-state index in [1.54, 1.807) is 6.20 Å². The molecule has 0 unspecified atom stereocenters. The molecule has 126 valence electrons.